The molecule has 2 rings (SSSR count). The summed E-state index contributed by atoms with van der Waals surface area (Å²) in [7, 11) is 0. The summed E-state index contributed by atoms with van der Waals surface area (Å²) in [5.74, 6) is -0.240. The molecular weight excluding hydrogens is 244 g/mol. The van der Waals surface area contributed by atoms with Gasteiger partial charge in [-0.15, -0.1) is 0 Å². The maximum atomic E-state index is 10.9. The molecule has 1 N–H and O–H groups in total. The fourth-order valence-electron chi connectivity index (χ4n) is 1.99. The third-order valence-electron chi connectivity index (χ3n) is 2.71. The van der Waals surface area contributed by atoms with Gasteiger partial charge in [-0.2, -0.15) is 0 Å². The number of carbonyl (C=O) groups is 1. The lowest BCUT2D eigenvalue weighted by Gasteiger charge is -2.23. The van der Waals surface area contributed by atoms with E-state index in [4.69, 9.17) is 14.3 Å². The molecule has 0 saturated carbocycles. The summed E-state index contributed by atoms with van der Waals surface area (Å²) in [6.45, 7) is 7.86. The molecule has 0 fully saturated rings. The van der Waals surface area contributed by atoms with E-state index in [0.717, 1.165) is 5.39 Å². The van der Waals surface area contributed by atoms with E-state index in [1.165, 1.54) is 6.07 Å². The molecule has 4 nitrogen and oxygen atoms in total. The molecular formula is C15H18O4. The van der Waals surface area contributed by atoms with E-state index in [-0.39, 0.29) is 17.3 Å². The molecule has 4 heteroatoms. The highest BCUT2D eigenvalue weighted by Crippen LogP contribution is 2.29. The van der Waals surface area contributed by atoms with Crippen molar-refractivity contribution in [2.24, 2.45) is 0 Å². The maximum absolute atomic E-state index is 10.9. The van der Waals surface area contributed by atoms with Gasteiger partial charge >= 0.3 is 5.97 Å². The number of fused-ring (bicyclic) bond motifs is 1. The number of ether oxygens (including phenoxy) is 1. The summed E-state index contributed by atoms with van der Waals surface area (Å²) >= 11 is 0. The van der Waals surface area contributed by atoms with Crippen LogP contribution in [0.2, 0.25) is 0 Å². The molecule has 0 amide bonds. The van der Waals surface area contributed by atoms with Crippen molar-refractivity contribution in [1.82, 2.24) is 0 Å². The van der Waals surface area contributed by atoms with E-state index in [2.05, 4.69) is 0 Å². The van der Waals surface area contributed by atoms with Crippen LogP contribution >= 0.6 is 0 Å². The topological polar surface area (TPSA) is 59.7 Å². The largest absolute Gasteiger partial charge is 0.478 e. The summed E-state index contributed by atoms with van der Waals surface area (Å²) in [5, 5.41) is 9.73. The van der Waals surface area contributed by atoms with E-state index >= 15 is 0 Å². The maximum Gasteiger partial charge on any atom is 0.335 e. The van der Waals surface area contributed by atoms with Crippen molar-refractivity contribution in [2.45, 2.75) is 39.4 Å². The molecule has 0 saturated heterocycles. The molecule has 1 unspecified atom stereocenters. The number of benzene rings is 1. The Bertz CT molecular complexity index is 604. The van der Waals surface area contributed by atoms with Gasteiger partial charge in [0.2, 0.25) is 0 Å². The summed E-state index contributed by atoms with van der Waals surface area (Å²) < 4.78 is 11.5. The second-order valence-electron chi connectivity index (χ2n) is 5.58. The van der Waals surface area contributed by atoms with Crippen LogP contribution in [-0.2, 0) is 4.74 Å². The van der Waals surface area contributed by atoms with Crippen LogP contribution in [0.5, 0.6) is 0 Å². The van der Waals surface area contributed by atoms with Crippen molar-refractivity contribution < 1.29 is 19.1 Å². The lowest BCUT2D eigenvalue weighted by atomic mass is 10.1. The van der Waals surface area contributed by atoms with Crippen molar-refractivity contribution in [2.75, 3.05) is 0 Å². The van der Waals surface area contributed by atoms with Gasteiger partial charge in [0.05, 0.1) is 11.2 Å². The molecule has 2 aromatic rings. The predicted molar refractivity (Wildman–Crippen MR) is 72.4 cm³/mol. The van der Waals surface area contributed by atoms with Crippen molar-refractivity contribution in [3.63, 3.8) is 0 Å². The second-order valence-corrected chi connectivity index (χ2v) is 5.58. The van der Waals surface area contributed by atoms with Crippen LogP contribution in [0, 0.1) is 0 Å². The number of aromatic carboxylic acids is 1. The first-order valence-electron chi connectivity index (χ1n) is 6.21. The van der Waals surface area contributed by atoms with Gasteiger partial charge in [-0.25, -0.2) is 4.79 Å². The van der Waals surface area contributed by atoms with Crippen LogP contribution in [0.4, 0.5) is 0 Å². The molecule has 102 valence electrons. The Morgan fingerprint density at radius 3 is 2.58 bits per heavy atom. The van der Waals surface area contributed by atoms with E-state index in [9.17, 15) is 4.79 Å². The summed E-state index contributed by atoms with van der Waals surface area (Å²) in [4.78, 5) is 10.9. The van der Waals surface area contributed by atoms with Crippen LogP contribution in [0.15, 0.2) is 28.7 Å². The van der Waals surface area contributed by atoms with Crippen molar-refractivity contribution in [1.29, 1.82) is 0 Å². The normalized spacial score (nSPS) is 13.7. The van der Waals surface area contributed by atoms with Crippen LogP contribution < -0.4 is 0 Å². The smallest absolute Gasteiger partial charge is 0.335 e. The predicted octanol–water partition coefficient (Wildman–Crippen LogP) is 4.01. The fraction of sp³-hybridized carbons (Fsp3) is 0.400. The first kappa shape index (κ1) is 13.6. The van der Waals surface area contributed by atoms with E-state index < -0.39 is 5.97 Å². The highest BCUT2D eigenvalue weighted by atomic mass is 16.5. The highest BCUT2D eigenvalue weighted by molar-refractivity contribution is 5.93. The van der Waals surface area contributed by atoms with Crippen LogP contribution in [0.1, 0.15) is 49.9 Å². The molecule has 1 heterocycles. The van der Waals surface area contributed by atoms with Gasteiger partial charge in [0, 0.05) is 5.39 Å². The number of rotatable bonds is 3. The minimum atomic E-state index is -0.941. The van der Waals surface area contributed by atoms with Crippen molar-refractivity contribution in [3.8, 4) is 0 Å². The standard InChI is InChI=1S/C15H18O4/c1-9(19-15(2,3)4)13-8-11-7-10(14(16)17)5-6-12(11)18-13/h5-9H,1-4H3,(H,16,17). The summed E-state index contributed by atoms with van der Waals surface area (Å²) in [5.41, 5.74) is 0.665. The lowest BCUT2D eigenvalue weighted by Crippen LogP contribution is -2.20. The molecule has 0 aliphatic carbocycles. The average Bonchev–Trinajstić information content (AvgIpc) is 2.68. The third-order valence-corrected chi connectivity index (χ3v) is 2.71. The Kier molecular flexibility index (Phi) is 3.37. The average molecular weight is 262 g/mol. The molecule has 1 aromatic heterocycles. The minimum absolute atomic E-state index is 0.180. The van der Waals surface area contributed by atoms with Crippen molar-refractivity contribution in [3.05, 3.63) is 35.6 Å². The van der Waals surface area contributed by atoms with Gasteiger partial charge in [-0.05, 0) is 52.0 Å². The van der Waals surface area contributed by atoms with Crippen LogP contribution in [0.25, 0.3) is 11.0 Å². The Morgan fingerprint density at radius 2 is 2.00 bits per heavy atom. The number of furan rings is 1. The Labute approximate surface area is 112 Å². The van der Waals surface area contributed by atoms with Crippen LogP contribution in [-0.4, -0.2) is 16.7 Å². The minimum Gasteiger partial charge on any atom is -0.478 e. The van der Waals surface area contributed by atoms with E-state index in [1.807, 2.05) is 33.8 Å². The number of hydrogen-bond acceptors (Lipinski definition) is 3. The summed E-state index contributed by atoms with van der Waals surface area (Å²) in [6.07, 6.45) is -0.180. The monoisotopic (exact) mass is 262 g/mol. The molecule has 0 aliphatic rings. The quantitative estimate of drug-likeness (QED) is 0.908. The van der Waals surface area contributed by atoms with Gasteiger partial charge in [0.25, 0.3) is 0 Å². The van der Waals surface area contributed by atoms with Crippen LogP contribution in [0.3, 0.4) is 0 Å². The van der Waals surface area contributed by atoms with Gasteiger partial charge in [0.1, 0.15) is 17.4 Å². The number of carboxylic acid groups (broad SMARTS) is 1. The highest BCUT2D eigenvalue weighted by Gasteiger charge is 2.19. The molecule has 1 atom stereocenters. The van der Waals surface area contributed by atoms with E-state index in [0.29, 0.717) is 11.3 Å². The lowest BCUT2D eigenvalue weighted by molar-refractivity contribution is -0.0608. The molecule has 0 bridgehead atoms. The van der Waals surface area contributed by atoms with Gasteiger partial charge < -0.3 is 14.3 Å². The molecule has 0 aliphatic heterocycles. The second kappa shape index (κ2) is 4.70. The SMILES string of the molecule is CC(OC(C)(C)C)c1cc2cc(C(=O)O)ccc2o1. The molecule has 0 radical (unpaired) electrons. The molecule has 0 spiro atoms. The molecule has 19 heavy (non-hydrogen) atoms. The van der Waals surface area contributed by atoms with Crippen molar-refractivity contribution >= 4 is 16.9 Å². The first-order valence-corrected chi connectivity index (χ1v) is 6.21. The van der Waals surface area contributed by atoms with Gasteiger partial charge in [-0.1, -0.05) is 0 Å². The number of hydrogen-bond donors (Lipinski definition) is 1. The van der Waals surface area contributed by atoms with Gasteiger partial charge in [-0.3, -0.25) is 0 Å². The van der Waals surface area contributed by atoms with E-state index in [1.54, 1.807) is 12.1 Å². The third kappa shape index (κ3) is 3.15. The molecule has 1 aromatic carbocycles. The fourth-order valence-corrected chi connectivity index (χ4v) is 1.99. The zero-order valence-electron chi connectivity index (χ0n) is 11.6. The first-order chi connectivity index (χ1) is 8.76. The zero-order valence-corrected chi connectivity index (χ0v) is 11.6. The zero-order chi connectivity index (χ0) is 14.2. The van der Waals surface area contributed by atoms with Gasteiger partial charge in [0.15, 0.2) is 0 Å². The Balaban J connectivity index is 2.33. The Hall–Kier alpha value is -1.81. The summed E-state index contributed by atoms with van der Waals surface area (Å²) in [6, 6.07) is 6.64. The Morgan fingerprint density at radius 1 is 1.32 bits per heavy atom. The number of carboxylic acids is 1.